The SMILES string of the molecule is Cc1cc(C(Cc2ccccc2)N(C)C(=O)c2ccc(C[C@@H]3CC[C@H]([C@H](O)c4ccc(Cl)nc4)C3)cc2)n[nH]1.Cc1cc(C(Cc2ccccc2)N(C)C(=O)c2ccc(C[C@@H]3CC[C@H]([C@H](O)c4cccnc4)C3)cc2)n[nH]1.Cc1cc(C(Cc2ccccc2)N(C)C(=O)c2ccc(C[C@@H]3CC[C@H]([C@H](O)c4cccnc4)C3)cc2)n[nH]1. The number of likely N-dealkylation sites (N-methyl/N-ethyl adjacent to an activating group) is 3. The lowest BCUT2D eigenvalue weighted by atomic mass is 9.92. The number of hydrogen-bond donors (Lipinski definition) is 6. The third-order valence-corrected chi connectivity index (χ3v) is 24.0. The number of aryl methyl sites for hydroxylation is 3. The van der Waals surface area contributed by atoms with E-state index in [1.165, 1.54) is 16.7 Å². The fraction of sp³-hybridized carbons (Fsp3) is 0.344. The van der Waals surface area contributed by atoms with Crippen molar-refractivity contribution >= 4 is 29.3 Å². The lowest BCUT2D eigenvalue weighted by molar-refractivity contribution is 0.0719. The van der Waals surface area contributed by atoms with Crippen molar-refractivity contribution in [1.29, 1.82) is 0 Å². The Morgan fingerprint density at radius 2 is 0.687 bits per heavy atom. The summed E-state index contributed by atoms with van der Waals surface area (Å²) in [7, 11) is 5.58. The van der Waals surface area contributed by atoms with E-state index in [1.54, 1.807) is 51.8 Å². The summed E-state index contributed by atoms with van der Waals surface area (Å²) in [6.45, 7) is 5.92. The van der Waals surface area contributed by atoms with Gasteiger partial charge in [-0.15, -0.1) is 0 Å². The minimum absolute atomic E-state index is 0.0151. The number of halogens is 1. The van der Waals surface area contributed by atoms with Gasteiger partial charge in [0, 0.05) is 85.9 Å². The largest absolute Gasteiger partial charge is 0.388 e. The van der Waals surface area contributed by atoms with Crippen LogP contribution < -0.4 is 0 Å². The lowest BCUT2D eigenvalue weighted by Gasteiger charge is -2.27. The Morgan fingerprint density at radius 1 is 0.383 bits per heavy atom. The van der Waals surface area contributed by atoms with Crippen molar-refractivity contribution in [3.05, 3.63) is 355 Å². The first kappa shape index (κ1) is 82.0. The second-order valence-corrected chi connectivity index (χ2v) is 32.5. The number of aliphatic hydroxyl groups is 3. The van der Waals surface area contributed by atoms with Gasteiger partial charge in [-0.3, -0.25) is 39.6 Å². The first-order chi connectivity index (χ1) is 55.8. The molecule has 0 bridgehead atoms. The smallest absolute Gasteiger partial charge is 0.254 e. The quantitative estimate of drug-likeness (QED) is 0.0263. The van der Waals surface area contributed by atoms with Crippen molar-refractivity contribution in [2.24, 2.45) is 35.5 Å². The zero-order valence-corrected chi connectivity index (χ0v) is 67.4. The standard InChI is InChI=1S/C32H35ClN4O2.2C32H36N4O2/c1-21-16-28(36-35-21)29(19-22-6-4-3-5-7-22)37(2)32(39)25-11-8-23(9-12-25)17-24-10-13-26(18-24)31(38)27-14-15-30(33)34-20-27;2*1-22-17-29(35-34-22)30(20-23-7-4-3-5-8-23)36(2)32(38)26-13-10-24(11-14-26)18-25-12-15-27(19-25)31(37)28-9-6-16-33-21-28/h3-9,11-12,14-16,20,24,26,29,31,38H,10,13,17-19H2,1-2H3,(H,35,36);2*3-11,13-14,16-17,21,25,27,30-31,37H,12,15,18-20H2,1-2H3,(H,34,35)/t24-,26-,29?,31-;2*25-,27-,30?,31-/m000/s1. The maximum absolute atomic E-state index is 13.5. The van der Waals surface area contributed by atoms with Gasteiger partial charge in [-0.1, -0.05) is 157 Å². The van der Waals surface area contributed by atoms with E-state index in [4.69, 9.17) is 11.6 Å². The molecule has 3 fully saturated rings. The highest BCUT2D eigenvalue weighted by molar-refractivity contribution is 6.29. The van der Waals surface area contributed by atoms with Gasteiger partial charge in [0.2, 0.25) is 0 Å². The third kappa shape index (κ3) is 21.9. The molecule has 19 heteroatoms. The Bertz CT molecular complexity index is 4810. The van der Waals surface area contributed by atoms with Crippen LogP contribution in [0.5, 0.6) is 0 Å². The van der Waals surface area contributed by atoms with E-state index < -0.39 is 18.3 Å². The molecule has 0 aliphatic heterocycles. The van der Waals surface area contributed by atoms with Crippen molar-refractivity contribution in [2.75, 3.05) is 21.1 Å². The normalized spacial score (nSPS) is 18.7. The summed E-state index contributed by atoms with van der Waals surface area (Å²) in [4.78, 5) is 58.4. The van der Waals surface area contributed by atoms with Gasteiger partial charge in [0.1, 0.15) is 5.15 Å². The molecule has 0 radical (unpaired) electrons. The summed E-state index contributed by atoms with van der Waals surface area (Å²) in [6, 6.07) is 71.5. The van der Waals surface area contributed by atoms with Gasteiger partial charge in [-0.2, -0.15) is 15.3 Å². The number of aliphatic hydroxyl groups excluding tert-OH is 3. The predicted molar refractivity (Wildman–Crippen MR) is 450 cm³/mol. The summed E-state index contributed by atoms with van der Waals surface area (Å²) >= 11 is 5.89. The molecule has 3 aliphatic carbocycles. The number of carbonyl (C=O) groups excluding carboxylic acids is 3. The number of carbonyl (C=O) groups is 3. The molecule has 15 rings (SSSR count). The maximum Gasteiger partial charge on any atom is 0.254 e. The van der Waals surface area contributed by atoms with Crippen LogP contribution in [0.2, 0.25) is 5.15 Å². The number of nitrogens with one attached hydrogen (secondary N) is 3. The fourth-order valence-corrected chi connectivity index (χ4v) is 17.4. The van der Waals surface area contributed by atoms with Crippen LogP contribution in [0, 0.1) is 56.3 Å². The summed E-state index contributed by atoms with van der Waals surface area (Å²) in [5.74, 6) is 2.28. The summed E-state index contributed by atoms with van der Waals surface area (Å²) < 4.78 is 0. The number of H-pyrrole nitrogens is 3. The van der Waals surface area contributed by atoms with Gasteiger partial charge in [0.05, 0.1) is 53.5 Å². The van der Waals surface area contributed by atoms with Crippen LogP contribution in [0.1, 0.15) is 210 Å². The van der Waals surface area contributed by atoms with Gasteiger partial charge < -0.3 is 30.0 Å². The van der Waals surface area contributed by atoms with Gasteiger partial charge in [-0.25, -0.2) is 4.98 Å². The molecule has 3 aliphatic rings. The van der Waals surface area contributed by atoms with Crippen molar-refractivity contribution < 1.29 is 29.7 Å². The number of hydrogen-bond acceptors (Lipinski definition) is 12. The summed E-state index contributed by atoms with van der Waals surface area (Å²) in [6.07, 6.45) is 21.5. The topological polar surface area (TPSA) is 246 Å². The summed E-state index contributed by atoms with van der Waals surface area (Å²) in [5, 5.41) is 55.3. The molecule has 6 aromatic heterocycles. The van der Waals surface area contributed by atoms with Crippen molar-refractivity contribution in [2.45, 2.75) is 154 Å². The Balaban J connectivity index is 0.000000150. The Hall–Kier alpha value is -11.0. The van der Waals surface area contributed by atoms with E-state index in [1.807, 2.05) is 181 Å². The Kier molecular flexibility index (Phi) is 28.0. The Labute approximate surface area is 680 Å². The number of benzene rings is 6. The molecule has 3 amide bonds. The van der Waals surface area contributed by atoms with Crippen molar-refractivity contribution in [1.82, 2.24) is 60.2 Å². The van der Waals surface area contributed by atoms with Gasteiger partial charge in [0.15, 0.2) is 0 Å². The van der Waals surface area contributed by atoms with Crippen LogP contribution >= 0.6 is 11.6 Å². The second kappa shape index (κ2) is 39.3. The fourth-order valence-electron chi connectivity index (χ4n) is 17.3. The monoisotopic (exact) mass is 1560 g/mol. The zero-order valence-electron chi connectivity index (χ0n) is 66.7. The molecular formula is C96H107ClN12O6. The van der Waals surface area contributed by atoms with Crippen LogP contribution in [0.25, 0.3) is 0 Å². The molecule has 12 aromatic rings. The minimum Gasteiger partial charge on any atom is -0.388 e. The van der Waals surface area contributed by atoms with E-state index in [0.29, 0.717) is 58.9 Å². The highest BCUT2D eigenvalue weighted by atomic mass is 35.5. The molecule has 0 spiro atoms. The molecule has 12 atom stereocenters. The molecule has 6 aromatic carbocycles. The number of amides is 3. The van der Waals surface area contributed by atoms with E-state index in [2.05, 4.69) is 118 Å². The molecule has 115 heavy (non-hydrogen) atoms. The van der Waals surface area contributed by atoms with Crippen LogP contribution in [0.15, 0.2) is 249 Å². The van der Waals surface area contributed by atoms with E-state index >= 15 is 0 Å². The maximum atomic E-state index is 13.5. The van der Waals surface area contributed by atoms with E-state index in [9.17, 15) is 29.7 Å². The second-order valence-electron chi connectivity index (χ2n) is 32.1. The molecular weight excluding hydrogens is 1450 g/mol. The van der Waals surface area contributed by atoms with Crippen LogP contribution in [-0.4, -0.2) is 114 Å². The average molecular weight is 1560 g/mol. The molecule has 3 saturated carbocycles. The summed E-state index contributed by atoms with van der Waals surface area (Å²) in [5.41, 5.74) is 17.3. The van der Waals surface area contributed by atoms with Gasteiger partial charge in [0.25, 0.3) is 17.7 Å². The number of pyridine rings is 3. The lowest BCUT2D eigenvalue weighted by Crippen LogP contribution is -2.32. The average Bonchev–Trinajstić information content (AvgIpc) is 1.80. The number of rotatable bonds is 27. The third-order valence-electron chi connectivity index (χ3n) is 23.8. The van der Waals surface area contributed by atoms with Gasteiger partial charge >= 0.3 is 0 Å². The highest BCUT2D eigenvalue weighted by Crippen LogP contribution is 2.44. The van der Waals surface area contributed by atoms with Crippen LogP contribution in [-0.2, 0) is 38.5 Å². The Morgan fingerprint density at radius 3 is 0.948 bits per heavy atom. The van der Waals surface area contributed by atoms with Crippen molar-refractivity contribution in [3.63, 3.8) is 0 Å². The van der Waals surface area contributed by atoms with Gasteiger partial charge in [-0.05, 0) is 275 Å². The first-order valence-electron chi connectivity index (χ1n) is 40.5. The van der Waals surface area contributed by atoms with E-state index in [-0.39, 0.29) is 53.6 Å². The molecule has 6 heterocycles. The molecule has 6 N–H and O–H groups in total. The first-order valence-corrected chi connectivity index (χ1v) is 40.9. The number of aromatic amines is 3. The predicted octanol–water partition coefficient (Wildman–Crippen LogP) is 18.2. The van der Waals surface area contributed by atoms with Crippen LogP contribution in [0.3, 0.4) is 0 Å². The molecule has 18 nitrogen and oxygen atoms in total. The van der Waals surface area contributed by atoms with Crippen molar-refractivity contribution in [3.8, 4) is 0 Å². The molecule has 3 unspecified atom stereocenters. The number of nitrogens with zero attached hydrogens (tertiary/aromatic N) is 9. The highest BCUT2D eigenvalue weighted by Gasteiger charge is 2.36. The molecule has 0 saturated heterocycles. The number of aromatic nitrogens is 9. The minimum atomic E-state index is -0.516. The van der Waals surface area contributed by atoms with Crippen LogP contribution in [0.4, 0.5) is 0 Å². The van der Waals surface area contributed by atoms with E-state index in [0.717, 1.165) is 145 Å². The molecule has 594 valence electrons. The zero-order chi connectivity index (χ0) is 80.3.